The van der Waals surface area contributed by atoms with E-state index in [1.165, 1.54) is 0 Å². The number of benzene rings is 1. The molecular formula is C14H10BrCl2N3O. The summed E-state index contributed by atoms with van der Waals surface area (Å²) in [7, 11) is 1.61. The first kappa shape index (κ1) is 14.6. The molecule has 0 radical (unpaired) electrons. The summed E-state index contributed by atoms with van der Waals surface area (Å²) in [6.45, 7) is 0. The van der Waals surface area contributed by atoms with E-state index in [1.54, 1.807) is 31.5 Å². The Labute approximate surface area is 139 Å². The maximum Gasteiger partial charge on any atom is 0.164 e. The first-order chi connectivity index (χ1) is 10.1. The number of nitrogens with zero attached hydrogens (tertiary/aromatic N) is 3. The Morgan fingerprint density at radius 2 is 2.14 bits per heavy atom. The highest BCUT2D eigenvalue weighted by atomic mass is 79.9. The molecule has 0 saturated carbocycles. The SMILES string of the molecule is COc1ccc(Cl)cc1-n1c(CCl)nc2cc(Br)cnc21. The Hall–Kier alpha value is -1.30. The van der Waals surface area contributed by atoms with Crippen LogP contribution in [0.25, 0.3) is 16.9 Å². The Bertz CT molecular complexity index is 819. The van der Waals surface area contributed by atoms with Gasteiger partial charge < -0.3 is 4.74 Å². The maximum absolute atomic E-state index is 6.11. The third kappa shape index (κ3) is 2.61. The fraction of sp³-hybridized carbons (Fsp3) is 0.143. The van der Waals surface area contributed by atoms with Crippen LogP contribution in [-0.2, 0) is 5.88 Å². The smallest absolute Gasteiger partial charge is 0.164 e. The number of aromatic nitrogens is 3. The van der Waals surface area contributed by atoms with Gasteiger partial charge in [-0.05, 0) is 40.2 Å². The van der Waals surface area contributed by atoms with Crippen LogP contribution in [0.5, 0.6) is 5.75 Å². The lowest BCUT2D eigenvalue weighted by Gasteiger charge is -2.12. The molecule has 0 spiro atoms. The van der Waals surface area contributed by atoms with Crippen molar-refractivity contribution in [3.63, 3.8) is 0 Å². The van der Waals surface area contributed by atoms with Crippen LogP contribution in [-0.4, -0.2) is 21.6 Å². The lowest BCUT2D eigenvalue weighted by molar-refractivity contribution is 0.413. The quantitative estimate of drug-likeness (QED) is 0.618. The summed E-state index contributed by atoms with van der Waals surface area (Å²) in [4.78, 5) is 8.94. The normalized spacial score (nSPS) is 11.0. The van der Waals surface area contributed by atoms with Crippen molar-refractivity contribution in [1.82, 2.24) is 14.5 Å². The molecule has 0 aliphatic rings. The van der Waals surface area contributed by atoms with Gasteiger partial charge in [0.1, 0.15) is 17.1 Å². The molecule has 0 aliphatic heterocycles. The Balaban J connectivity index is 2.36. The van der Waals surface area contributed by atoms with Crippen LogP contribution in [0.3, 0.4) is 0 Å². The summed E-state index contributed by atoms with van der Waals surface area (Å²) in [6.07, 6.45) is 1.72. The van der Waals surface area contributed by atoms with E-state index < -0.39 is 0 Å². The summed E-state index contributed by atoms with van der Waals surface area (Å²) in [6, 6.07) is 7.28. The van der Waals surface area contributed by atoms with Gasteiger partial charge in [-0.2, -0.15) is 0 Å². The Morgan fingerprint density at radius 1 is 1.33 bits per heavy atom. The van der Waals surface area contributed by atoms with E-state index in [9.17, 15) is 0 Å². The molecule has 0 unspecified atom stereocenters. The van der Waals surface area contributed by atoms with Crippen LogP contribution in [0.4, 0.5) is 0 Å². The highest BCUT2D eigenvalue weighted by molar-refractivity contribution is 9.10. The molecule has 0 saturated heterocycles. The summed E-state index contributed by atoms with van der Waals surface area (Å²) < 4.78 is 8.13. The number of pyridine rings is 1. The van der Waals surface area contributed by atoms with E-state index in [4.69, 9.17) is 27.9 Å². The minimum atomic E-state index is 0.254. The molecule has 1 aromatic carbocycles. The van der Waals surface area contributed by atoms with Crippen LogP contribution in [0.1, 0.15) is 5.82 Å². The molecule has 0 aliphatic carbocycles. The lowest BCUT2D eigenvalue weighted by Crippen LogP contribution is -2.03. The zero-order valence-corrected chi connectivity index (χ0v) is 14.1. The number of ether oxygens (including phenoxy) is 1. The van der Waals surface area contributed by atoms with Gasteiger partial charge in [0.2, 0.25) is 0 Å². The molecule has 4 nitrogen and oxygen atoms in total. The van der Waals surface area contributed by atoms with Crippen molar-refractivity contribution < 1.29 is 4.74 Å². The van der Waals surface area contributed by atoms with E-state index in [2.05, 4.69) is 25.9 Å². The van der Waals surface area contributed by atoms with Crippen LogP contribution < -0.4 is 4.74 Å². The predicted molar refractivity (Wildman–Crippen MR) is 87.7 cm³/mol. The number of hydrogen-bond acceptors (Lipinski definition) is 3. The molecule has 0 N–H and O–H groups in total. The van der Waals surface area contributed by atoms with E-state index in [0.29, 0.717) is 22.2 Å². The van der Waals surface area contributed by atoms with Crippen LogP contribution >= 0.6 is 39.1 Å². The van der Waals surface area contributed by atoms with Gasteiger partial charge in [0.25, 0.3) is 0 Å². The van der Waals surface area contributed by atoms with Gasteiger partial charge in [0.05, 0.1) is 18.7 Å². The average Bonchev–Trinajstić information content (AvgIpc) is 2.84. The van der Waals surface area contributed by atoms with Gasteiger partial charge >= 0.3 is 0 Å². The van der Waals surface area contributed by atoms with Gasteiger partial charge in [0, 0.05) is 15.7 Å². The van der Waals surface area contributed by atoms with E-state index >= 15 is 0 Å². The van der Waals surface area contributed by atoms with Gasteiger partial charge in [0.15, 0.2) is 5.65 Å². The number of imidazole rings is 1. The fourth-order valence-corrected chi connectivity index (χ4v) is 2.83. The Kier molecular flexibility index (Phi) is 4.06. The molecule has 21 heavy (non-hydrogen) atoms. The maximum atomic E-state index is 6.11. The third-order valence-corrected chi connectivity index (χ3v) is 3.94. The molecule has 3 rings (SSSR count). The molecule has 7 heteroatoms. The minimum Gasteiger partial charge on any atom is -0.495 e. The number of halogens is 3. The molecule has 3 aromatic rings. The van der Waals surface area contributed by atoms with Crippen molar-refractivity contribution in [1.29, 1.82) is 0 Å². The zero-order valence-electron chi connectivity index (χ0n) is 11.0. The Morgan fingerprint density at radius 3 is 2.86 bits per heavy atom. The highest BCUT2D eigenvalue weighted by Crippen LogP contribution is 2.31. The largest absolute Gasteiger partial charge is 0.495 e. The van der Waals surface area contributed by atoms with Gasteiger partial charge in [-0.3, -0.25) is 4.57 Å². The highest BCUT2D eigenvalue weighted by Gasteiger charge is 2.16. The summed E-state index contributed by atoms with van der Waals surface area (Å²) >= 11 is 15.5. The molecule has 0 bridgehead atoms. The van der Waals surface area contributed by atoms with Crippen LogP contribution in [0, 0.1) is 0 Å². The summed E-state index contributed by atoms with van der Waals surface area (Å²) in [5, 5.41) is 0.602. The van der Waals surface area contributed by atoms with E-state index in [1.807, 2.05) is 10.6 Å². The van der Waals surface area contributed by atoms with Crippen molar-refractivity contribution in [3.05, 3.63) is 45.8 Å². The van der Waals surface area contributed by atoms with Gasteiger partial charge in [-0.1, -0.05) is 11.6 Å². The van der Waals surface area contributed by atoms with E-state index in [0.717, 1.165) is 15.7 Å². The van der Waals surface area contributed by atoms with Crippen molar-refractivity contribution in [3.8, 4) is 11.4 Å². The second-order valence-corrected chi connectivity index (χ2v) is 5.93. The van der Waals surface area contributed by atoms with Gasteiger partial charge in [-0.25, -0.2) is 9.97 Å². The summed E-state index contributed by atoms with van der Waals surface area (Å²) in [5.41, 5.74) is 2.22. The molecule has 0 atom stereocenters. The van der Waals surface area contributed by atoms with Crippen molar-refractivity contribution in [2.75, 3.05) is 7.11 Å². The number of alkyl halides is 1. The van der Waals surface area contributed by atoms with E-state index in [-0.39, 0.29) is 5.88 Å². The minimum absolute atomic E-state index is 0.254. The fourth-order valence-electron chi connectivity index (χ4n) is 2.17. The summed E-state index contributed by atoms with van der Waals surface area (Å²) in [5.74, 6) is 1.61. The monoisotopic (exact) mass is 385 g/mol. The molecule has 2 aromatic heterocycles. The molecule has 2 heterocycles. The lowest BCUT2D eigenvalue weighted by atomic mass is 10.3. The van der Waals surface area contributed by atoms with Crippen LogP contribution in [0.15, 0.2) is 34.9 Å². The topological polar surface area (TPSA) is 39.9 Å². The average molecular weight is 387 g/mol. The second kappa shape index (κ2) is 5.83. The predicted octanol–water partition coefficient (Wildman–Crippen LogP) is 4.58. The first-order valence-corrected chi connectivity index (χ1v) is 7.77. The van der Waals surface area contributed by atoms with Crippen LogP contribution in [0.2, 0.25) is 5.02 Å². The van der Waals surface area contributed by atoms with Gasteiger partial charge in [-0.15, -0.1) is 11.6 Å². The number of fused-ring (bicyclic) bond motifs is 1. The van der Waals surface area contributed by atoms with Crippen molar-refractivity contribution in [2.24, 2.45) is 0 Å². The number of methoxy groups -OCH3 is 1. The number of hydrogen-bond donors (Lipinski definition) is 0. The van der Waals surface area contributed by atoms with Crippen molar-refractivity contribution in [2.45, 2.75) is 5.88 Å². The molecule has 0 amide bonds. The van der Waals surface area contributed by atoms with Crippen molar-refractivity contribution >= 4 is 50.3 Å². The first-order valence-electron chi connectivity index (χ1n) is 6.07. The molecule has 108 valence electrons. The second-order valence-electron chi connectivity index (χ2n) is 4.31. The number of rotatable bonds is 3. The molecule has 0 fully saturated rings. The zero-order chi connectivity index (χ0) is 15.0. The standard InChI is InChI=1S/C14H10BrCl2N3O/c1-21-12-3-2-9(17)5-11(12)20-13(6-16)19-10-4-8(15)7-18-14(10)20/h2-5,7H,6H2,1H3. The molecular weight excluding hydrogens is 377 g/mol. The third-order valence-electron chi connectivity index (χ3n) is 3.03.